The molecule has 28 heavy (non-hydrogen) atoms. The van der Waals surface area contributed by atoms with Crippen molar-refractivity contribution in [2.75, 3.05) is 19.8 Å². The first-order valence-electron chi connectivity index (χ1n) is 9.33. The number of hydrogen-bond donors (Lipinski definition) is 1. The zero-order valence-corrected chi connectivity index (χ0v) is 15.4. The summed E-state index contributed by atoms with van der Waals surface area (Å²) in [6.07, 6.45) is 2.09. The van der Waals surface area contributed by atoms with Crippen LogP contribution in [0.2, 0.25) is 0 Å². The third-order valence-corrected chi connectivity index (χ3v) is 4.72. The molecule has 1 aliphatic rings. The molecular weight excluding hydrogens is 358 g/mol. The summed E-state index contributed by atoms with van der Waals surface area (Å²) in [7, 11) is 0. The van der Waals surface area contributed by atoms with Gasteiger partial charge in [0.15, 0.2) is 6.61 Å². The molecular formula is C22H21NO5. The summed E-state index contributed by atoms with van der Waals surface area (Å²) in [5.74, 6) is 0.253. The van der Waals surface area contributed by atoms with Crippen molar-refractivity contribution in [3.63, 3.8) is 0 Å². The monoisotopic (exact) mass is 379 g/mol. The van der Waals surface area contributed by atoms with Crippen molar-refractivity contribution in [2.45, 2.75) is 18.9 Å². The molecule has 1 amide bonds. The van der Waals surface area contributed by atoms with E-state index in [9.17, 15) is 9.59 Å². The minimum Gasteiger partial charge on any atom is -0.484 e. The molecule has 1 atom stereocenters. The first kappa shape index (κ1) is 18.3. The van der Waals surface area contributed by atoms with Crippen LogP contribution in [0.15, 0.2) is 63.8 Å². The van der Waals surface area contributed by atoms with Crippen LogP contribution < -0.4 is 15.7 Å². The second-order valence-corrected chi connectivity index (χ2v) is 6.73. The van der Waals surface area contributed by atoms with Crippen LogP contribution in [0, 0.1) is 0 Å². The fraction of sp³-hybridized carbons (Fsp3) is 0.273. The van der Waals surface area contributed by atoms with E-state index in [0.717, 1.165) is 36.0 Å². The molecule has 6 nitrogen and oxygen atoms in total. The smallest absolute Gasteiger partial charge is 0.336 e. The SMILES string of the molecule is O=C(COc1ccc2c(-c3ccccc3)cc(=O)oc2c1)NC[C@H]1CCCO1. The van der Waals surface area contributed by atoms with E-state index in [0.29, 0.717) is 17.9 Å². The Kier molecular flexibility index (Phi) is 5.39. The van der Waals surface area contributed by atoms with Crippen LogP contribution in [-0.4, -0.2) is 31.8 Å². The van der Waals surface area contributed by atoms with Crippen LogP contribution in [0.1, 0.15) is 12.8 Å². The Morgan fingerprint density at radius 3 is 2.79 bits per heavy atom. The molecule has 0 bridgehead atoms. The van der Waals surface area contributed by atoms with Gasteiger partial charge in [-0.3, -0.25) is 4.79 Å². The predicted molar refractivity (Wildman–Crippen MR) is 105 cm³/mol. The molecule has 2 aromatic carbocycles. The molecule has 0 saturated carbocycles. The molecule has 0 spiro atoms. The van der Waals surface area contributed by atoms with E-state index in [2.05, 4.69) is 5.32 Å². The lowest BCUT2D eigenvalue weighted by atomic mass is 10.0. The van der Waals surface area contributed by atoms with Crippen molar-refractivity contribution in [1.82, 2.24) is 5.32 Å². The van der Waals surface area contributed by atoms with E-state index in [1.54, 1.807) is 12.1 Å². The van der Waals surface area contributed by atoms with Gasteiger partial charge in [0.25, 0.3) is 5.91 Å². The summed E-state index contributed by atoms with van der Waals surface area (Å²) in [6.45, 7) is 1.14. The predicted octanol–water partition coefficient (Wildman–Crippen LogP) is 3.13. The molecule has 3 aromatic rings. The number of nitrogens with one attached hydrogen (secondary N) is 1. The molecule has 144 valence electrons. The Bertz CT molecular complexity index is 1020. The maximum Gasteiger partial charge on any atom is 0.336 e. The number of carbonyl (C=O) groups excluding carboxylic acids is 1. The summed E-state index contributed by atoms with van der Waals surface area (Å²) in [6, 6.07) is 16.4. The molecule has 2 heterocycles. The normalized spacial score (nSPS) is 16.2. The van der Waals surface area contributed by atoms with Crippen molar-refractivity contribution < 1.29 is 18.7 Å². The third-order valence-electron chi connectivity index (χ3n) is 4.72. The number of fused-ring (bicyclic) bond motifs is 1. The maximum absolute atomic E-state index is 12.0. The summed E-state index contributed by atoms with van der Waals surface area (Å²) in [4.78, 5) is 23.9. The van der Waals surface area contributed by atoms with E-state index in [1.165, 1.54) is 6.07 Å². The molecule has 6 heteroatoms. The Morgan fingerprint density at radius 1 is 1.14 bits per heavy atom. The van der Waals surface area contributed by atoms with Crippen LogP contribution in [-0.2, 0) is 9.53 Å². The van der Waals surface area contributed by atoms with Gasteiger partial charge in [-0.25, -0.2) is 4.79 Å². The lowest BCUT2D eigenvalue weighted by Crippen LogP contribution is -2.35. The highest BCUT2D eigenvalue weighted by Gasteiger charge is 2.16. The Labute approximate surface area is 162 Å². The maximum atomic E-state index is 12.0. The van der Waals surface area contributed by atoms with Crippen molar-refractivity contribution in [3.05, 3.63) is 65.0 Å². The van der Waals surface area contributed by atoms with Gasteiger partial charge >= 0.3 is 5.63 Å². The van der Waals surface area contributed by atoms with Gasteiger partial charge in [0, 0.05) is 30.7 Å². The average molecular weight is 379 g/mol. The second-order valence-electron chi connectivity index (χ2n) is 6.73. The summed E-state index contributed by atoms with van der Waals surface area (Å²) in [5.41, 5.74) is 1.72. The van der Waals surface area contributed by atoms with E-state index in [-0.39, 0.29) is 18.6 Å². The highest BCUT2D eigenvalue weighted by atomic mass is 16.5. The molecule has 0 aliphatic carbocycles. The molecule has 1 N–H and O–H groups in total. The first-order valence-corrected chi connectivity index (χ1v) is 9.33. The van der Waals surface area contributed by atoms with Crippen LogP contribution in [0.3, 0.4) is 0 Å². The molecule has 0 unspecified atom stereocenters. The van der Waals surface area contributed by atoms with Gasteiger partial charge in [-0.05, 0) is 36.1 Å². The summed E-state index contributed by atoms with van der Waals surface area (Å²) in [5, 5.41) is 3.62. The molecule has 1 fully saturated rings. The molecule has 4 rings (SSSR count). The highest BCUT2D eigenvalue weighted by Crippen LogP contribution is 2.29. The quantitative estimate of drug-likeness (QED) is 0.666. The summed E-state index contributed by atoms with van der Waals surface area (Å²) < 4.78 is 16.4. The van der Waals surface area contributed by atoms with Crippen LogP contribution in [0.5, 0.6) is 5.75 Å². The van der Waals surface area contributed by atoms with Crippen molar-refractivity contribution in [2.24, 2.45) is 0 Å². The zero-order chi connectivity index (χ0) is 19.3. The summed E-state index contributed by atoms with van der Waals surface area (Å²) >= 11 is 0. The van der Waals surface area contributed by atoms with Gasteiger partial charge < -0.3 is 19.2 Å². The second kappa shape index (κ2) is 8.27. The van der Waals surface area contributed by atoms with Gasteiger partial charge in [0.05, 0.1) is 6.10 Å². The fourth-order valence-electron chi connectivity index (χ4n) is 3.32. The minimum absolute atomic E-state index is 0.0929. The first-order chi connectivity index (χ1) is 13.7. The lowest BCUT2D eigenvalue weighted by Gasteiger charge is -2.12. The molecule has 1 aromatic heterocycles. The molecule has 0 radical (unpaired) electrons. The van der Waals surface area contributed by atoms with Crippen LogP contribution in [0.4, 0.5) is 0 Å². The number of benzene rings is 2. The minimum atomic E-state index is -0.433. The lowest BCUT2D eigenvalue weighted by molar-refractivity contribution is -0.123. The van der Waals surface area contributed by atoms with Gasteiger partial charge in [-0.15, -0.1) is 0 Å². The Hall–Kier alpha value is -3.12. The van der Waals surface area contributed by atoms with Crippen molar-refractivity contribution in [3.8, 4) is 16.9 Å². The number of ether oxygens (including phenoxy) is 2. The van der Waals surface area contributed by atoms with Gasteiger partial charge in [-0.2, -0.15) is 0 Å². The topological polar surface area (TPSA) is 77.8 Å². The van der Waals surface area contributed by atoms with E-state index in [1.807, 2.05) is 36.4 Å². The number of carbonyl (C=O) groups is 1. The van der Waals surface area contributed by atoms with Crippen LogP contribution in [0.25, 0.3) is 22.1 Å². The Balaban J connectivity index is 1.47. The third kappa shape index (κ3) is 4.23. The highest BCUT2D eigenvalue weighted by molar-refractivity contribution is 5.93. The van der Waals surface area contributed by atoms with Gasteiger partial charge in [0.1, 0.15) is 11.3 Å². The number of rotatable bonds is 6. The Morgan fingerprint density at radius 2 is 2.00 bits per heavy atom. The van der Waals surface area contributed by atoms with E-state index < -0.39 is 5.63 Å². The number of hydrogen-bond acceptors (Lipinski definition) is 5. The van der Waals surface area contributed by atoms with Gasteiger partial charge in [0.2, 0.25) is 0 Å². The van der Waals surface area contributed by atoms with E-state index >= 15 is 0 Å². The standard InChI is InChI=1S/C22H21NO5/c24-21(23-13-17-7-4-10-26-17)14-27-16-8-9-18-19(15-5-2-1-3-6-15)12-22(25)28-20(18)11-16/h1-3,5-6,8-9,11-12,17H,4,7,10,13-14H2,(H,23,24)/t17-/m1/s1. The fourth-order valence-corrected chi connectivity index (χ4v) is 3.32. The van der Waals surface area contributed by atoms with E-state index in [4.69, 9.17) is 13.9 Å². The largest absolute Gasteiger partial charge is 0.484 e. The molecule has 1 aliphatic heterocycles. The number of amides is 1. The zero-order valence-electron chi connectivity index (χ0n) is 15.4. The van der Waals surface area contributed by atoms with Crippen molar-refractivity contribution >= 4 is 16.9 Å². The van der Waals surface area contributed by atoms with Crippen LogP contribution >= 0.6 is 0 Å². The molecule has 1 saturated heterocycles. The van der Waals surface area contributed by atoms with Crippen molar-refractivity contribution in [1.29, 1.82) is 0 Å². The van der Waals surface area contributed by atoms with Gasteiger partial charge in [-0.1, -0.05) is 30.3 Å². The average Bonchev–Trinajstić information content (AvgIpc) is 3.24.